The van der Waals surface area contributed by atoms with E-state index >= 15 is 0 Å². The minimum Gasteiger partial charge on any atom is -0.411 e. The zero-order chi connectivity index (χ0) is 17.1. The van der Waals surface area contributed by atoms with E-state index in [9.17, 15) is 5.21 Å². The second-order valence-corrected chi connectivity index (χ2v) is 5.88. The molecule has 0 unspecified atom stereocenters. The van der Waals surface area contributed by atoms with Gasteiger partial charge in [-0.25, -0.2) is 4.98 Å². The van der Waals surface area contributed by atoms with Crippen LogP contribution in [0.15, 0.2) is 65.8 Å². The van der Waals surface area contributed by atoms with Gasteiger partial charge in [0, 0.05) is 5.56 Å². The third kappa shape index (κ3) is 2.83. The van der Waals surface area contributed by atoms with Crippen LogP contribution in [0.25, 0.3) is 11.3 Å². The molecule has 4 heteroatoms. The predicted octanol–water partition coefficient (Wildman–Crippen LogP) is 4.61. The molecule has 1 heterocycles. The number of benzene rings is 2. The Labute approximate surface area is 142 Å². The molecule has 0 spiro atoms. The average molecular weight is 319 g/mol. The third-order valence-corrected chi connectivity index (χ3v) is 4.24. The highest BCUT2D eigenvalue weighted by atomic mass is 16.4. The standard InChI is InChI=1S/C20H21N3O/c1-14-19(17-10-6-4-7-11-17)23(16(3)21-14)20(15(2)22-24)18-12-8-5-9-13-18/h4-13,20,24H,1-3H3/b22-15-/t20-/m0/s1. The van der Waals surface area contributed by atoms with Crippen LogP contribution in [0.4, 0.5) is 0 Å². The second kappa shape index (κ2) is 6.71. The van der Waals surface area contributed by atoms with Gasteiger partial charge in [0.15, 0.2) is 0 Å². The minimum absolute atomic E-state index is 0.201. The van der Waals surface area contributed by atoms with Crippen LogP contribution in [0.5, 0.6) is 0 Å². The number of hydrogen-bond donors (Lipinski definition) is 1. The van der Waals surface area contributed by atoms with Gasteiger partial charge in [0.2, 0.25) is 0 Å². The summed E-state index contributed by atoms with van der Waals surface area (Å²) in [4.78, 5) is 4.68. The van der Waals surface area contributed by atoms with E-state index in [2.05, 4.69) is 26.8 Å². The summed E-state index contributed by atoms with van der Waals surface area (Å²) >= 11 is 0. The monoisotopic (exact) mass is 319 g/mol. The Balaban J connectivity index is 2.27. The fourth-order valence-electron chi connectivity index (χ4n) is 3.21. The summed E-state index contributed by atoms with van der Waals surface area (Å²) in [5, 5.41) is 12.9. The van der Waals surface area contributed by atoms with Crippen molar-refractivity contribution in [3.63, 3.8) is 0 Å². The highest BCUT2D eigenvalue weighted by Crippen LogP contribution is 2.32. The summed E-state index contributed by atoms with van der Waals surface area (Å²) in [6, 6.07) is 20.1. The highest BCUT2D eigenvalue weighted by molar-refractivity contribution is 5.89. The highest BCUT2D eigenvalue weighted by Gasteiger charge is 2.24. The molecule has 0 saturated carbocycles. The van der Waals surface area contributed by atoms with Crippen LogP contribution in [0.3, 0.4) is 0 Å². The van der Waals surface area contributed by atoms with Crippen molar-refractivity contribution >= 4 is 5.71 Å². The van der Waals surface area contributed by atoms with E-state index in [4.69, 9.17) is 0 Å². The Bertz CT molecular complexity index is 851. The molecule has 0 radical (unpaired) electrons. The normalized spacial score (nSPS) is 13.0. The molecule has 0 aliphatic rings. The van der Waals surface area contributed by atoms with Crippen molar-refractivity contribution in [3.05, 3.63) is 77.7 Å². The van der Waals surface area contributed by atoms with Crippen LogP contribution in [0.2, 0.25) is 0 Å². The van der Waals surface area contributed by atoms with Crippen LogP contribution in [-0.4, -0.2) is 20.5 Å². The van der Waals surface area contributed by atoms with E-state index in [0.29, 0.717) is 5.71 Å². The zero-order valence-electron chi connectivity index (χ0n) is 14.1. The molecule has 0 bridgehead atoms. The SMILES string of the molecule is C/C(=N/O)[C@@H](c1ccccc1)n1c(C)nc(C)c1-c1ccccc1. The Morgan fingerprint density at radius 2 is 1.58 bits per heavy atom. The van der Waals surface area contributed by atoms with Crippen molar-refractivity contribution in [2.45, 2.75) is 26.8 Å². The van der Waals surface area contributed by atoms with Crippen LogP contribution in [0, 0.1) is 13.8 Å². The number of imidazole rings is 1. The van der Waals surface area contributed by atoms with Crippen molar-refractivity contribution in [1.82, 2.24) is 9.55 Å². The number of nitrogens with zero attached hydrogens (tertiary/aromatic N) is 3. The predicted molar refractivity (Wildman–Crippen MR) is 96.6 cm³/mol. The number of aryl methyl sites for hydroxylation is 2. The zero-order valence-corrected chi connectivity index (χ0v) is 14.1. The van der Waals surface area contributed by atoms with Crippen LogP contribution in [0.1, 0.15) is 30.0 Å². The molecule has 0 amide bonds. The van der Waals surface area contributed by atoms with Crippen LogP contribution in [-0.2, 0) is 0 Å². The summed E-state index contributed by atoms with van der Waals surface area (Å²) in [5.74, 6) is 0.892. The first-order valence-electron chi connectivity index (χ1n) is 7.97. The first-order chi connectivity index (χ1) is 11.6. The summed E-state index contributed by atoms with van der Waals surface area (Å²) in [5.41, 5.74) is 4.79. The molecule has 3 rings (SSSR count). The molecule has 0 aliphatic carbocycles. The molecule has 1 atom stereocenters. The lowest BCUT2D eigenvalue weighted by Crippen LogP contribution is -2.21. The van der Waals surface area contributed by atoms with Crippen molar-refractivity contribution < 1.29 is 5.21 Å². The Morgan fingerprint density at radius 1 is 1.00 bits per heavy atom. The first kappa shape index (κ1) is 16.0. The second-order valence-electron chi connectivity index (χ2n) is 5.88. The molecule has 1 N–H and O–H groups in total. The molecular formula is C20H21N3O. The number of aromatic nitrogens is 2. The lowest BCUT2D eigenvalue weighted by atomic mass is 10.0. The number of hydrogen-bond acceptors (Lipinski definition) is 3. The van der Waals surface area contributed by atoms with Gasteiger partial charge in [0.1, 0.15) is 11.9 Å². The summed E-state index contributed by atoms with van der Waals surface area (Å²) < 4.78 is 2.15. The molecule has 0 fully saturated rings. The van der Waals surface area contributed by atoms with E-state index in [0.717, 1.165) is 28.3 Å². The smallest absolute Gasteiger partial charge is 0.107 e. The molecule has 24 heavy (non-hydrogen) atoms. The van der Waals surface area contributed by atoms with Crippen LogP contribution >= 0.6 is 0 Å². The summed E-state index contributed by atoms with van der Waals surface area (Å²) in [7, 11) is 0. The topological polar surface area (TPSA) is 50.4 Å². The molecular weight excluding hydrogens is 298 g/mol. The maximum Gasteiger partial charge on any atom is 0.107 e. The van der Waals surface area contributed by atoms with Crippen molar-refractivity contribution in [1.29, 1.82) is 0 Å². The van der Waals surface area contributed by atoms with E-state index < -0.39 is 0 Å². The maximum absolute atomic E-state index is 9.44. The van der Waals surface area contributed by atoms with Gasteiger partial charge < -0.3 is 9.77 Å². The van der Waals surface area contributed by atoms with E-state index in [1.54, 1.807) is 0 Å². The van der Waals surface area contributed by atoms with Crippen molar-refractivity contribution in [3.8, 4) is 11.3 Å². The molecule has 2 aromatic carbocycles. The molecule has 0 aliphatic heterocycles. The lowest BCUT2D eigenvalue weighted by molar-refractivity contribution is 0.315. The largest absolute Gasteiger partial charge is 0.411 e. The molecule has 1 aromatic heterocycles. The van der Waals surface area contributed by atoms with E-state index in [-0.39, 0.29) is 6.04 Å². The number of oxime groups is 1. The third-order valence-electron chi connectivity index (χ3n) is 4.24. The minimum atomic E-state index is -0.201. The van der Waals surface area contributed by atoms with Gasteiger partial charge in [-0.1, -0.05) is 65.8 Å². The fraction of sp³-hybridized carbons (Fsp3) is 0.200. The summed E-state index contributed by atoms with van der Waals surface area (Å²) in [6.45, 7) is 5.83. The average Bonchev–Trinajstić information content (AvgIpc) is 2.91. The van der Waals surface area contributed by atoms with Gasteiger partial charge >= 0.3 is 0 Å². The van der Waals surface area contributed by atoms with E-state index in [1.165, 1.54) is 0 Å². The Morgan fingerprint density at radius 3 is 2.17 bits per heavy atom. The number of rotatable bonds is 4. The first-order valence-corrected chi connectivity index (χ1v) is 7.97. The Hall–Kier alpha value is -2.88. The van der Waals surface area contributed by atoms with Gasteiger partial charge in [0.25, 0.3) is 0 Å². The van der Waals surface area contributed by atoms with Crippen LogP contribution < -0.4 is 0 Å². The fourth-order valence-corrected chi connectivity index (χ4v) is 3.21. The van der Waals surface area contributed by atoms with Gasteiger partial charge in [-0.15, -0.1) is 0 Å². The quantitative estimate of drug-likeness (QED) is 0.434. The van der Waals surface area contributed by atoms with Crippen molar-refractivity contribution in [2.75, 3.05) is 0 Å². The molecule has 0 saturated heterocycles. The van der Waals surface area contributed by atoms with Gasteiger partial charge in [-0.3, -0.25) is 0 Å². The summed E-state index contributed by atoms with van der Waals surface area (Å²) in [6.07, 6.45) is 0. The van der Waals surface area contributed by atoms with Gasteiger partial charge in [-0.2, -0.15) is 0 Å². The Kier molecular flexibility index (Phi) is 4.47. The van der Waals surface area contributed by atoms with E-state index in [1.807, 2.05) is 69.3 Å². The van der Waals surface area contributed by atoms with Gasteiger partial charge in [-0.05, 0) is 26.3 Å². The maximum atomic E-state index is 9.44. The lowest BCUT2D eigenvalue weighted by Gasteiger charge is -2.23. The molecule has 122 valence electrons. The van der Waals surface area contributed by atoms with Gasteiger partial charge in [0.05, 0.1) is 17.1 Å². The van der Waals surface area contributed by atoms with Crippen molar-refractivity contribution in [2.24, 2.45) is 5.16 Å². The molecule has 3 aromatic rings. The molecule has 4 nitrogen and oxygen atoms in total.